The highest BCUT2D eigenvalue weighted by Crippen LogP contribution is 2.29. The Morgan fingerprint density at radius 1 is 1.41 bits per heavy atom. The standard InChI is InChI=1S/C26H35N5O3/c1-4-28-14-24(30-27)8-7-21(12-26(32)33)20-6-5-18(2)22(11-20)16-31-15-19(3)34-25-9-10-29-13-23(25)17-31/h5-6,9-11,13-14,19,21H,4,7-8,12,15-17,27H2,1-3H3,(H,32,33)/t19-,21?/m1/s1. The Bertz CT molecular complexity index is 1040. The van der Waals surface area contributed by atoms with Crippen LogP contribution in [-0.4, -0.2) is 52.1 Å². The minimum absolute atomic E-state index is 0.0545. The Hall–Kier alpha value is -3.26. The number of hydrogen-bond donors (Lipinski definition) is 2. The quantitative estimate of drug-likeness (QED) is 0.312. The Morgan fingerprint density at radius 2 is 2.24 bits per heavy atom. The molecule has 2 aromatic rings. The lowest BCUT2D eigenvalue weighted by Gasteiger charge is -2.24. The van der Waals surface area contributed by atoms with E-state index in [1.165, 1.54) is 11.1 Å². The smallest absolute Gasteiger partial charge is 0.303 e. The van der Waals surface area contributed by atoms with Crippen molar-refractivity contribution in [3.05, 3.63) is 58.9 Å². The third-order valence-corrected chi connectivity index (χ3v) is 6.09. The van der Waals surface area contributed by atoms with Crippen LogP contribution < -0.4 is 10.6 Å². The SMILES string of the molecule is CCN=CC(CCC(CC(=O)O)c1ccc(C)c(CN2Cc3cnccc3O[C@H](C)C2)c1)=NN. The van der Waals surface area contributed by atoms with Crippen molar-refractivity contribution in [3.8, 4) is 5.75 Å². The molecule has 0 saturated heterocycles. The Balaban J connectivity index is 1.79. The highest BCUT2D eigenvalue weighted by molar-refractivity contribution is 6.30. The summed E-state index contributed by atoms with van der Waals surface area (Å²) in [6, 6.07) is 8.20. The van der Waals surface area contributed by atoms with Crippen LogP contribution in [-0.2, 0) is 17.9 Å². The molecule has 1 unspecified atom stereocenters. The number of aryl methyl sites for hydroxylation is 1. The number of hydrazone groups is 1. The molecule has 34 heavy (non-hydrogen) atoms. The number of benzene rings is 1. The number of hydrogen-bond acceptors (Lipinski definition) is 7. The van der Waals surface area contributed by atoms with Gasteiger partial charge in [0.1, 0.15) is 11.9 Å². The summed E-state index contributed by atoms with van der Waals surface area (Å²) in [4.78, 5) is 22.4. The lowest BCUT2D eigenvalue weighted by atomic mass is 9.88. The minimum Gasteiger partial charge on any atom is -0.489 e. The molecule has 8 nitrogen and oxygen atoms in total. The number of carboxylic acid groups (broad SMARTS) is 1. The first-order valence-corrected chi connectivity index (χ1v) is 11.8. The molecule has 0 saturated carbocycles. The van der Waals surface area contributed by atoms with E-state index in [1.54, 1.807) is 12.4 Å². The Labute approximate surface area is 201 Å². The summed E-state index contributed by atoms with van der Waals surface area (Å²) < 4.78 is 6.07. The largest absolute Gasteiger partial charge is 0.489 e. The normalized spacial score (nSPS) is 17.7. The maximum Gasteiger partial charge on any atom is 0.303 e. The van der Waals surface area contributed by atoms with Crippen molar-refractivity contribution in [3.63, 3.8) is 0 Å². The van der Waals surface area contributed by atoms with Gasteiger partial charge in [-0.2, -0.15) is 5.10 Å². The van der Waals surface area contributed by atoms with Gasteiger partial charge in [0, 0.05) is 50.4 Å². The van der Waals surface area contributed by atoms with Crippen LogP contribution in [0.2, 0.25) is 0 Å². The zero-order chi connectivity index (χ0) is 24.5. The second-order valence-electron chi connectivity index (χ2n) is 8.85. The Morgan fingerprint density at radius 3 is 2.97 bits per heavy atom. The van der Waals surface area contributed by atoms with E-state index in [-0.39, 0.29) is 18.4 Å². The zero-order valence-electron chi connectivity index (χ0n) is 20.3. The third kappa shape index (κ3) is 7.12. The number of rotatable bonds is 10. The predicted octanol–water partition coefficient (Wildman–Crippen LogP) is 3.92. The fraction of sp³-hybridized carbons (Fsp3) is 0.462. The molecule has 1 aliphatic rings. The number of aromatic nitrogens is 1. The van der Waals surface area contributed by atoms with Crippen molar-refractivity contribution in [2.24, 2.45) is 15.9 Å². The predicted molar refractivity (Wildman–Crippen MR) is 135 cm³/mol. The summed E-state index contributed by atoms with van der Waals surface area (Å²) in [5.74, 6) is 5.44. The van der Waals surface area contributed by atoms with Gasteiger partial charge in [0.25, 0.3) is 0 Å². The van der Waals surface area contributed by atoms with Gasteiger partial charge in [0.05, 0.1) is 12.1 Å². The summed E-state index contributed by atoms with van der Waals surface area (Å²) in [6.45, 7) is 9.07. The number of aliphatic carboxylic acids is 1. The van der Waals surface area contributed by atoms with E-state index in [2.05, 4.69) is 46.0 Å². The van der Waals surface area contributed by atoms with Crippen molar-refractivity contribution in [2.75, 3.05) is 13.1 Å². The number of fused-ring (bicyclic) bond motifs is 1. The van der Waals surface area contributed by atoms with Gasteiger partial charge in [-0.3, -0.25) is 19.7 Å². The average Bonchev–Trinajstić information content (AvgIpc) is 2.96. The van der Waals surface area contributed by atoms with Crippen molar-refractivity contribution in [1.82, 2.24) is 9.88 Å². The molecule has 3 rings (SSSR count). The molecule has 1 aromatic heterocycles. The summed E-state index contributed by atoms with van der Waals surface area (Å²) in [6.07, 6.45) is 6.62. The van der Waals surface area contributed by atoms with Gasteiger partial charge in [-0.15, -0.1) is 0 Å². The molecule has 0 fully saturated rings. The number of nitrogens with zero attached hydrogens (tertiary/aromatic N) is 4. The molecule has 1 aliphatic heterocycles. The van der Waals surface area contributed by atoms with Crippen LogP contribution in [0, 0.1) is 6.92 Å². The van der Waals surface area contributed by atoms with Crippen LogP contribution in [0.15, 0.2) is 46.8 Å². The maximum atomic E-state index is 11.6. The molecular weight excluding hydrogens is 430 g/mol. The van der Waals surface area contributed by atoms with E-state index in [0.29, 0.717) is 25.1 Å². The van der Waals surface area contributed by atoms with Gasteiger partial charge in [0.2, 0.25) is 0 Å². The molecule has 2 heterocycles. The van der Waals surface area contributed by atoms with Gasteiger partial charge in [0.15, 0.2) is 0 Å². The molecule has 182 valence electrons. The molecule has 0 spiro atoms. The average molecular weight is 466 g/mol. The third-order valence-electron chi connectivity index (χ3n) is 6.09. The van der Waals surface area contributed by atoms with Crippen molar-refractivity contribution >= 4 is 17.9 Å². The summed E-state index contributed by atoms with van der Waals surface area (Å²) in [5.41, 5.74) is 5.14. The molecule has 1 aromatic carbocycles. The van der Waals surface area contributed by atoms with Gasteiger partial charge in [-0.05, 0) is 62.3 Å². The number of pyridine rings is 1. The lowest BCUT2D eigenvalue weighted by molar-refractivity contribution is -0.137. The highest BCUT2D eigenvalue weighted by atomic mass is 16.5. The Kier molecular flexibility index (Phi) is 9.16. The van der Waals surface area contributed by atoms with Crippen molar-refractivity contribution < 1.29 is 14.6 Å². The molecule has 0 aliphatic carbocycles. The highest BCUT2D eigenvalue weighted by Gasteiger charge is 2.22. The fourth-order valence-electron chi connectivity index (χ4n) is 4.33. The molecular formula is C26H35N5O3. The molecule has 0 amide bonds. The number of aliphatic imine (C=N–C) groups is 1. The second-order valence-corrected chi connectivity index (χ2v) is 8.85. The van der Waals surface area contributed by atoms with Gasteiger partial charge in [-0.1, -0.05) is 18.2 Å². The molecule has 2 atom stereocenters. The van der Waals surface area contributed by atoms with Crippen LogP contribution in [0.4, 0.5) is 0 Å². The molecule has 3 N–H and O–H groups in total. The number of nitrogens with two attached hydrogens (primary N) is 1. The van der Waals surface area contributed by atoms with Crippen LogP contribution in [0.25, 0.3) is 0 Å². The van der Waals surface area contributed by atoms with Gasteiger partial charge < -0.3 is 15.7 Å². The topological polar surface area (TPSA) is 113 Å². The molecule has 0 bridgehead atoms. The fourth-order valence-corrected chi connectivity index (χ4v) is 4.33. The molecule has 0 radical (unpaired) electrons. The lowest BCUT2D eigenvalue weighted by Crippen LogP contribution is -2.30. The van der Waals surface area contributed by atoms with Crippen LogP contribution >= 0.6 is 0 Å². The van der Waals surface area contributed by atoms with E-state index >= 15 is 0 Å². The first kappa shape index (κ1) is 25.4. The summed E-state index contributed by atoms with van der Waals surface area (Å²) in [5, 5.41) is 13.3. The van der Waals surface area contributed by atoms with E-state index in [0.717, 1.165) is 36.5 Å². The van der Waals surface area contributed by atoms with Crippen molar-refractivity contribution in [2.45, 2.75) is 65.1 Å². The van der Waals surface area contributed by atoms with Crippen LogP contribution in [0.1, 0.15) is 61.3 Å². The number of ether oxygens (including phenoxy) is 1. The molecule has 8 heteroatoms. The van der Waals surface area contributed by atoms with Crippen LogP contribution in [0.3, 0.4) is 0 Å². The minimum atomic E-state index is -0.816. The summed E-state index contributed by atoms with van der Waals surface area (Å²) in [7, 11) is 0. The first-order chi connectivity index (χ1) is 16.4. The number of carbonyl (C=O) groups is 1. The van der Waals surface area contributed by atoms with E-state index in [1.807, 2.05) is 25.3 Å². The number of carboxylic acids is 1. The summed E-state index contributed by atoms with van der Waals surface area (Å²) >= 11 is 0. The first-order valence-electron chi connectivity index (χ1n) is 11.8. The van der Waals surface area contributed by atoms with E-state index in [4.69, 9.17) is 10.6 Å². The second kappa shape index (κ2) is 12.3. The van der Waals surface area contributed by atoms with E-state index in [9.17, 15) is 9.90 Å². The van der Waals surface area contributed by atoms with Gasteiger partial charge in [-0.25, -0.2) is 0 Å². The zero-order valence-corrected chi connectivity index (χ0v) is 20.3. The van der Waals surface area contributed by atoms with Crippen molar-refractivity contribution in [1.29, 1.82) is 0 Å². The monoisotopic (exact) mass is 465 g/mol. The van der Waals surface area contributed by atoms with Gasteiger partial charge >= 0.3 is 5.97 Å². The van der Waals surface area contributed by atoms with E-state index < -0.39 is 5.97 Å². The van der Waals surface area contributed by atoms with Crippen LogP contribution in [0.5, 0.6) is 5.75 Å². The maximum absolute atomic E-state index is 11.6.